The van der Waals surface area contributed by atoms with Crippen LogP contribution in [0.15, 0.2) is 0 Å². The molecular weight excluding hydrogens is 276 g/mol. The summed E-state index contributed by atoms with van der Waals surface area (Å²) in [6, 6.07) is 0.920. The van der Waals surface area contributed by atoms with Gasteiger partial charge in [-0.25, -0.2) is 0 Å². The molecular formula is C14H21ClN4O. The first-order valence-electron chi connectivity index (χ1n) is 7.59. The predicted octanol–water partition coefficient (Wildman–Crippen LogP) is 3.08. The van der Waals surface area contributed by atoms with E-state index in [2.05, 4.69) is 26.8 Å². The van der Waals surface area contributed by atoms with Crippen LogP contribution in [-0.2, 0) is 0 Å². The van der Waals surface area contributed by atoms with Crippen molar-refractivity contribution in [3.8, 4) is 6.01 Å². The Bertz CT molecular complexity index is 470. The van der Waals surface area contributed by atoms with E-state index < -0.39 is 0 Å². The van der Waals surface area contributed by atoms with Crippen molar-refractivity contribution in [3.63, 3.8) is 0 Å². The Morgan fingerprint density at radius 2 is 2.05 bits per heavy atom. The van der Waals surface area contributed by atoms with Gasteiger partial charge >= 0.3 is 6.01 Å². The molecule has 1 saturated carbocycles. The highest BCUT2D eigenvalue weighted by atomic mass is 35.5. The zero-order chi connectivity index (χ0) is 13.9. The van der Waals surface area contributed by atoms with Gasteiger partial charge in [-0.2, -0.15) is 15.0 Å². The number of rotatable bonds is 4. The van der Waals surface area contributed by atoms with Gasteiger partial charge in [-0.1, -0.05) is 13.3 Å². The van der Waals surface area contributed by atoms with Crippen molar-refractivity contribution >= 4 is 17.5 Å². The zero-order valence-corrected chi connectivity index (χ0v) is 12.6. The summed E-state index contributed by atoms with van der Waals surface area (Å²) in [5.74, 6) is 1.48. The molecule has 1 saturated heterocycles. The summed E-state index contributed by atoms with van der Waals surface area (Å²) in [6.45, 7) is 3.66. The van der Waals surface area contributed by atoms with E-state index in [1.54, 1.807) is 0 Å². The van der Waals surface area contributed by atoms with E-state index in [1.165, 1.54) is 32.1 Å². The topological polar surface area (TPSA) is 51.1 Å². The molecule has 1 aliphatic heterocycles. The zero-order valence-electron chi connectivity index (χ0n) is 11.9. The second-order valence-electron chi connectivity index (χ2n) is 5.63. The van der Waals surface area contributed by atoms with Gasteiger partial charge in [0.25, 0.3) is 0 Å². The van der Waals surface area contributed by atoms with Crippen LogP contribution < -0.4 is 9.64 Å². The molecule has 2 atom stereocenters. The first-order valence-corrected chi connectivity index (χ1v) is 7.96. The fourth-order valence-corrected chi connectivity index (χ4v) is 3.56. The van der Waals surface area contributed by atoms with Crippen molar-refractivity contribution < 1.29 is 4.74 Å². The maximum absolute atomic E-state index is 6.02. The van der Waals surface area contributed by atoms with E-state index in [0.29, 0.717) is 24.6 Å². The highest BCUT2D eigenvalue weighted by molar-refractivity contribution is 6.28. The average molecular weight is 297 g/mol. The minimum atomic E-state index is 0.223. The maximum Gasteiger partial charge on any atom is 0.322 e. The van der Waals surface area contributed by atoms with Crippen LogP contribution in [-0.4, -0.2) is 34.1 Å². The fraction of sp³-hybridized carbons (Fsp3) is 0.786. The Morgan fingerprint density at radius 1 is 1.20 bits per heavy atom. The Hall–Kier alpha value is -1.10. The highest BCUT2D eigenvalue weighted by Crippen LogP contribution is 2.38. The standard InChI is InChI=1S/C14H21ClN4O/c1-2-9-20-14-17-12(15)16-13(18-14)19-8-4-6-10-5-3-7-11(10)19/h10-11H,2-9H2,1H3. The molecule has 20 heavy (non-hydrogen) atoms. The lowest BCUT2D eigenvalue weighted by molar-refractivity contribution is 0.289. The number of aromatic nitrogens is 3. The van der Waals surface area contributed by atoms with Crippen molar-refractivity contribution in [1.82, 2.24) is 15.0 Å². The van der Waals surface area contributed by atoms with Gasteiger partial charge in [0.15, 0.2) is 0 Å². The summed E-state index contributed by atoms with van der Waals surface area (Å²) in [7, 11) is 0. The average Bonchev–Trinajstić information content (AvgIpc) is 2.92. The van der Waals surface area contributed by atoms with Crippen LogP contribution in [0.3, 0.4) is 0 Å². The van der Waals surface area contributed by atoms with Crippen LogP contribution in [0.1, 0.15) is 45.4 Å². The van der Waals surface area contributed by atoms with Crippen LogP contribution >= 0.6 is 11.6 Å². The number of nitrogens with zero attached hydrogens (tertiary/aromatic N) is 4. The number of halogens is 1. The van der Waals surface area contributed by atoms with Crippen molar-refractivity contribution in [2.75, 3.05) is 18.1 Å². The van der Waals surface area contributed by atoms with Gasteiger partial charge in [0.05, 0.1) is 6.61 Å². The van der Waals surface area contributed by atoms with E-state index in [-0.39, 0.29) is 5.28 Å². The molecule has 2 heterocycles. The molecule has 6 heteroatoms. The Morgan fingerprint density at radius 3 is 2.90 bits per heavy atom. The van der Waals surface area contributed by atoms with Gasteiger partial charge in [0.2, 0.25) is 11.2 Å². The largest absolute Gasteiger partial charge is 0.463 e. The van der Waals surface area contributed by atoms with E-state index in [9.17, 15) is 0 Å². The summed E-state index contributed by atoms with van der Waals surface area (Å²) in [4.78, 5) is 15.1. The molecule has 3 rings (SSSR count). The molecule has 110 valence electrons. The minimum Gasteiger partial charge on any atom is -0.463 e. The molecule has 5 nitrogen and oxygen atoms in total. The highest BCUT2D eigenvalue weighted by Gasteiger charge is 2.36. The SMILES string of the molecule is CCCOc1nc(Cl)nc(N2CCCC3CCCC32)n1. The maximum atomic E-state index is 6.02. The lowest BCUT2D eigenvalue weighted by Crippen LogP contribution is -2.43. The van der Waals surface area contributed by atoms with E-state index in [0.717, 1.165) is 18.9 Å². The molecule has 1 aromatic rings. The number of piperidine rings is 1. The third kappa shape index (κ3) is 2.82. The van der Waals surface area contributed by atoms with E-state index in [1.807, 2.05) is 0 Å². The predicted molar refractivity (Wildman–Crippen MR) is 78.3 cm³/mol. The molecule has 1 aromatic heterocycles. The summed E-state index contributed by atoms with van der Waals surface area (Å²) in [5, 5.41) is 0.223. The van der Waals surface area contributed by atoms with Crippen molar-refractivity contribution in [2.45, 2.75) is 51.5 Å². The third-order valence-corrected chi connectivity index (χ3v) is 4.43. The second kappa shape index (κ2) is 6.12. The van der Waals surface area contributed by atoms with Gasteiger partial charge < -0.3 is 9.64 Å². The van der Waals surface area contributed by atoms with Crippen LogP contribution in [0.4, 0.5) is 5.95 Å². The van der Waals surface area contributed by atoms with Gasteiger partial charge in [0.1, 0.15) is 0 Å². The molecule has 2 fully saturated rings. The number of hydrogen-bond donors (Lipinski definition) is 0. The van der Waals surface area contributed by atoms with Crippen molar-refractivity contribution in [2.24, 2.45) is 5.92 Å². The molecule has 0 bridgehead atoms. The van der Waals surface area contributed by atoms with E-state index in [4.69, 9.17) is 16.3 Å². The van der Waals surface area contributed by atoms with Crippen LogP contribution in [0.5, 0.6) is 6.01 Å². The smallest absolute Gasteiger partial charge is 0.322 e. The Labute approximate surface area is 124 Å². The van der Waals surface area contributed by atoms with Crippen LogP contribution in [0.2, 0.25) is 5.28 Å². The molecule has 0 radical (unpaired) electrons. The van der Waals surface area contributed by atoms with Crippen molar-refractivity contribution in [1.29, 1.82) is 0 Å². The molecule has 1 aliphatic carbocycles. The third-order valence-electron chi connectivity index (χ3n) is 4.26. The van der Waals surface area contributed by atoms with Gasteiger partial charge in [-0.3, -0.25) is 0 Å². The Balaban J connectivity index is 1.82. The summed E-state index contributed by atoms with van der Waals surface area (Å²) >= 11 is 6.02. The molecule has 0 aromatic carbocycles. The molecule has 2 aliphatic rings. The summed E-state index contributed by atoms with van der Waals surface area (Å²) < 4.78 is 5.51. The van der Waals surface area contributed by atoms with Gasteiger partial charge in [-0.15, -0.1) is 0 Å². The Kier molecular flexibility index (Phi) is 4.24. The minimum absolute atomic E-state index is 0.223. The lowest BCUT2D eigenvalue weighted by Gasteiger charge is -2.37. The lowest BCUT2D eigenvalue weighted by atomic mass is 9.92. The van der Waals surface area contributed by atoms with Gasteiger partial charge in [-0.05, 0) is 49.6 Å². The number of hydrogen-bond acceptors (Lipinski definition) is 5. The first-order chi connectivity index (χ1) is 9.78. The van der Waals surface area contributed by atoms with Crippen LogP contribution in [0, 0.1) is 5.92 Å². The number of anilines is 1. The second-order valence-corrected chi connectivity index (χ2v) is 5.97. The number of fused-ring (bicyclic) bond motifs is 1. The van der Waals surface area contributed by atoms with Crippen LogP contribution in [0.25, 0.3) is 0 Å². The molecule has 0 amide bonds. The molecule has 0 N–H and O–H groups in total. The number of ether oxygens (including phenoxy) is 1. The normalized spacial score (nSPS) is 25.6. The monoisotopic (exact) mass is 296 g/mol. The quantitative estimate of drug-likeness (QED) is 0.854. The molecule has 0 spiro atoms. The first kappa shape index (κ1) is 13.9. The fourth-order valence-electron chi connectivity index (χ4n) is 3.41. The van der Waals surface area contributed by atoms with Crippen molar-refractivity contribution in [3.05, 3.63) is 5.28 Å². The summed E-state index contributed by atoms with van der Waals surface area (Å²) in [5.41, 5.74) is 0. The summed E-state index contributed by atoms with van der Waals surface area (Å²) in [6.07, 6.45) is 7.34. The molecule has 2 unspecified atom stereocenters. The van der Waals surface area contributed by atoms with Gasteiger partial charge in [0, 0.05) is 12.6 Å². The van der Waals surface area contributed by atoms with E-state index >= 15 is 0 Å².